The third-order valence-electron chi connectivity index (χ3n) is 6.66. The first-order valence-corrected chi connectivity index (χ1v) is 9.77. The molecular weight excluding hydrogens is 348 g/mol. The Morgan fingerprint density at radius 1 is 1.07 bits per heavy atom. The standard InChI is InChI=1S/C21H24O6/c22-16(15-1-2-17-18(6-15)26-4-3-25-17)11-27-19(23)20-7-13-5-14(8-20)10-21(24,9-13)12-20/h1-2,6,13-14,24H,3-5,7-12H2/t13-,14+,20?,21?. The molecule has 1 aliphatic heterocycles. The number of fused-ring (bicyclic) bond motifs is 1. The lowest BCUT2D eigenvalue weighted by Gasteiger charge is -2.58. The van der Waals surface area contributed by atoms with Gasteiger partial charge in [0.15, 0.2) is 23.9 Å². The van der Waals surface area contributed by atoms with Crippen molar-refractivity contribution in [1.82, 2.24) is 0 Å². The van der Waals surface area contributed by atoms with Crippen molar-refractivity contribution in [3.8, 4) is 11.5 Å². The number of ether oxygens (including phenoxy) is 3. The van der Waals surface area contributed by atoms with Gasteiger partial charge in [0.1, 0.15) is 13.2 Å². The number of hydrogen-bond donors (Lipinski definition) is 1. The van der Waals surface area contributed by atoms with E-state index in [1.54, 1.807) is 18.2 Å². The summed E-state index contributed by atoms with van der Waals surface area (Å²) in [5, 5.41) is 10.8. The molecule has 0 aromatic heterocycles. The molecular formula is C21H24O6. The second-order valence-electron chi connectivity index (χ2n) is 8.82. The van der Waals surface area contributed by atoms with Crippen molar-refractivity contribution < 1.29 is 28.9 Å². The Bertz CT molecular complexity index is 786. The number of carbonyl (C=O) groups is 2. The van der Waals surface area contributed by atoms with Gasteiger partial charge < -0.3 is 19.3 Å². The van der Waals surface area contributed by atoms with Crippen LogP contribution in [0, 0.1) is 17.3 Å². The molecule has 4 bridgehead atoms. The summed E-state index contributed by atoms with van der Waals surface area (Å²) in [7, 11) is 0. The summed E-state index contributed by atoms with van der Waals surface area (Å²) in [5.41, 5.74) is -0.884. The second kappa shape index (κ2) is 5.96. The van der Waals surface area contributed by atoms with Crippen molar-refractivity contribution in [2.24, 2.45) is 17.3 Å². The topological polar surface area (TPSA) is 82.1 Å². The van der Waals surface area contributed by atoms with E-state index in [-0.39, 0.29) is 18.4 Å². The number of hydrogen-bond acceptors (Lipinski definition) is 6. The van der Waals surface area contributed by atoms with Crippen LogP contribution in [-0.2, 0) is 9.53 Å². The van der Waals surface area contributed by atoms with E-state index in [0.717, 1.165) is 32.1 Å². The van der Waals surface area contributed by atoms with Crippen molar-refractivity contribution in [2.45, 2.75) is 44.1 Å². The van der Waals surface area contributed by atoms with E-state index < -0.39 is 11.0 Å². The number of benzene rings is 1. The summed E-state index contributed by atoms with van der Waals surface area (Å²) in [4.78, 5) is 25.4. The van der Waals surface area contributed by atoms with E-state index >= 15 is 0 Å². The zero-order valence-electron chi connectivity index (χ0n) is 15.2. The largest absolute Gasteiger partial charge is 0.486 e. The lowest BCUT2D eigenvalue weighted by atomic mass is 9.48. The van der Waals surface area contributed by atoms with Crippen LogP contribution in [0.5, 0.6) is 11.5 Å². The minimum atomic E-state index is -0.719. The molecule has 1 aromatic carbocycles. The van der Waals surface area contributed by atoms with Gasteiger partial charge in [0.25, 0.3) is 0 Å². The molecule has 1 aromatic rings. The summed E-state index contributed by atoms with van der Waals surface area (Å²) in [6.07, 6.45) is 4.74. The normalized spacial score (nSPS) is 35.7. The Morgan fingerprint density at radius 3 is 2.48 bits per heavy atom. The van der Waals surface area contributed by atoms with Crippen LogP contribution in [-0.4, -0.2) is 42.3 Å². The first-order chi connectivity index (χ1) is 12.9. The SMILES string of the molecule is O=C(COC(=O)C12C[C@@H]3C[C@@H](CC(O)(C3)C1)C2)c1ccc2c(c1)OCCO2. The van der Waals surface area contributed by atoms with Gasteiger partial charge in [0, 0.05) is 5.56 Å². The molecule has 0 amide bonds. The number of aliphatic hydroxyl groups is 1. The second-order valence-corrected chi connectivity index (χ2v) is 8.82. The van der Waals surface area contributed by atoms with E-state index in [1.807, 2.05) is 0 Å². The highest BCUT2D eigenvalue weighted by atomic mass is 16.6. The number of esters is 1. The van der Waals surface area contributed by atoms with Crippen molar-refractivity contribution in [1.29, 1.82) is 0 Å². The summed E-state index contributed by atoms with van der Waals surface area (Å²) in [6.45, 7) is 0.662. The van der Waals surface area contributed by atoms with Crippen molar-refractivity contribution in [2.75, 3.05) is 19.8 Å². The number of carbonyl (C=O) groups excluding carboxylic acids is 2. The molecule has 1 heterocycles. The lowest BCUT2D eigenvalue weighted by molar-refractivity contribution is -0.195. The molecule has 0 saturated heterocycles. The molecule has 6 rings (SSSR count). The highest BCUT2D eigenvalue weighted by Gasteiger charge is 2.60. The van der Waals surface area contributed by atoms with Gasteiger partial charge >= 0.3 is 5.97 Å². The van der Waals surface area contributed by atoms with Crippen molar-refractivity contribution in [3.63, 3.8) is 0 Å². The first-order valence-electron chi connectivity index (χ1n) is 9.77. The monoisotopic (exact) mass is 372 g/mol. The minimum absolute atomic E-state index is 0.260. The van der Waals surface area contributed by atoms with Crippen LogP contribution in [0.2, 0.25) is 0 Å². The molecule has 0 spiro atoms. The van der Waals surface area contributed by atoms with Crippen LogP contribution < -0.4 is 9.47 Å². The fourth-order valence-electron chi connectivity index (χ4n) is 6.04. The van der Waals surface area contributed by atoms with E-state index in [9.17, 15) is 14.7 Å². The van der Waals surface area contributed by atoms with Gasteiger partial charge in [-0.1, -0.05) is 0 Å². The van der Waals surface area contributed by atoms with Gasteiger partial charge in [-0.3, -0.25) is 9.59 Å². The fraction of sp³-hybridized carbons (Fsp3) is 0.619. The van der Waals surface area contributed by atoms with Crippen LogP contribution >= 0.6 is 0 Å². The molecule has 4 aliphatic carbocycles. The Morgan fingerprint density at radius 2 is 1.78 bits per heavy atom. The van der Waals surface area contributed by atoms with Gasteiger partial charge in [-0.05, 0) is 68.6 Å². The molecule has 5 aliphatic rings. The smallest absolute Gasteiger partial charge is 0.312 e. The Balaban J connectivity index is 1.26. The highest BCUT2D eigenvalue weighted by molar-refractivity contribution is 5.98. The van der Waals surface area contributed by atoms with Gasteiger partial charge in [-0.25, -0.2) is 0 Å². The van der Waals surface area contributed by atoms with Crippen LogP contribution in [0.15, 0.2) is 18.2 Å². The third-order valence-corrected chi connectivity index (χ3v) is 6.66. The molecule has 2 unspecified atom stereocenters. The van der Waals surface area contributed by atoms with Crippen LogP contribution in [0.25, 0.3) is 0 Å². The maximum Gasteiger partial charge on any atom is 0.312 e. The maximum atomic E-state index is 12.9. The Hall–Kier alpha value is -2.08. The molecule has 27 heavy (non-hydrogen) atoms. The number of rotatable bonds is 4. The fourth-order valence-corrected chi connectivity index (χ4v) is 6.04. The van der Waals surface area contributed by atoms with Crippen LogP contribution in [0.4, 0.5) is 0 Å². The molecule has 4 atom stereocenters. The average Bonchev–Trinajstić information content (AvgIpc) is 2.63. The van der Waals surface area contributed by atoms with Crippen molar-refractivity contribution in [3.05, 3.63) is 23.8 Å². The van der Waals surface area contributed by atoms with E-state index in [2.05, 4.69) is 0 Å². The van der Waals surface area contributed by atoms with Crippen LogP contribution in [0.3, 0.4) is 0 Å². The molecule has 1 N–H and O–H groups in total. The van der Waals surface area contributed by atoms with E-state index in [4.69, 9.17) is 14.2 Å². The number of Topliss-reactive ketones (excluding diaryl/α,β-unsaturated/α-hetero) is 1. The number of ketones is 1. The molecule has 144 valence electrons. The summed E-state index contributed by atoms with van der Waals surface area (Å²) in [6, 6.07) is 5.01. The van der Waals surface area contributed by atoms with E-state index in [1.165, 1.54) is 0 Å². The van der Waals surface area contributed by atoms with Gasteiger partial charge in [-0.2, -0.15) is 0 Å². The third kappa shape index (κ3) is 2.90. The van der Waals surface area contributed by atoms with Crippen LogP contribution in [0.1, 0.15) is 48.9 Å². The van der Waals surface area contributed by atoms with Gasteiger partial charge in [0.2, 0.25) is 0 Å². The lowest BCUT2D eigenvalue weighted by Crippen LogP contribution is -2.58. The van der Waals surface area contributed by atoms with E-state index in [0.29, 0.717) is 48.5 Å². The van der Waals surface area contributed by atoms with Crippen molar-refractivity contribution >= 4 is 11.8 Å². The quantitative estimate of drug-likeness (QED) is 0.646. The maximum absolute atomic E-state index is 12.9. The molecule has 0 radical (unpaired) electrons. The highest BCUT2D eigenvalue weighted by Crippen LogP contribution is 2.61. The minimum Gasteiger partial charge on any atom is -0.486 e. The Labute approximate surface area is 157 Å². The predicted octanol–water partition coefficient (Wildman–Crippen LogP) is 2.52. The molecule has 6 heteroatoms. The molecule has 6 nitrogen and oxygen atoms in total. The molecule has 4 saturated carbocycles. The predicted molar refractivity (Wildman–Crippen MR) is 94.8 cm³/mol. The average molecular weight is 372 g/mol. The summed E-state index contributed by atoms with van der Waals surface area (Å²) < 4.78 is 16.4. The zero-order valence-corrected chi connectivity index (χ0v) is 15.2. The van der Waals surface area contributed by atoms with Gasteiger partial charge in [0.05, 0.1) is 11.0 Å². The summed E-state index contributed by atoms with van der Waals surface area (Å²) in [5.74, 6) is 1.39. The Kier molecular flexibility index (Phi) is 3.76. The zero-order chi connectivity index (χ0) is 18.6. The first kappa shape index (κ1) is 17.0. The molecule has 4 fully saturated rings. The van der Waals surface area contributed by atoms with Gasteiger partial charge in [-0.15, -0.1) is 0 Å². The summed E-state index contributed by atoms with van der Waals surface area (Å²) >= 11 is 0.